The zero-order chi connectivity index (χ0) is 28.6. The summed E-state index contributed by atoms with van der Waals surface area (Å²) in [6.45, 7) is 0.717. The molecule has 7 N–H and O–H groups in total. The van der Waals surface area contributed by atoms with Gasteiger partial charge in [0.25, 0.3) is 5.91 Å². The maximum absolute atomic E-state index is 11.2. The Morgan fingerprint density at radius 1 is 0.850 bits per heavy atom. The molecule has 0 saturated heterocycles. The number of carbonyl (C=O) groups excluding carboxylic acids is 1. The van der Waals surface area contributed by atoms with Crippen LogP contribution in [0.1, 0.15) is 11.1 Å². The van der Waals surface area contributed by atoms with Crippen molar-refractivity contribution in [3.63, 3.8) is 0 Å². The van der Waals surface area contributed by atoms with Crippen LogP contribution in [0.15, 0.2) is 78.9 Å². The number of benzene rings is 3. The summed E-state index contributed by atoms with van der Waals surface area (Å²) in [7, 11) is 0. The summed E-state index contributed by atoms with van der Waals surface area (Å²) in [4.78, 5) is 13.2. The number of nitrogens with one attached hydrogen (secondary N) is 1. The smallest absolute Gasteiger partial charge is 0.267 e. The van der Waals surface area contributed by atoms with Crippen LogP contribution in [-0.2, 0) is 17.9 Å². The highest BCUT2D eigenvalue weighted by molar-refractivity contribution is 6.07. The molecule has 212 valence electrons. The van der Waals surface area contributed by atoms with E-state index in [9.17, 15) is 25.2 Å². The molecule has 0 aliphatic rings. The molecule has 4 atom stereocenters. The molecule has 10 heteroatoms. The molecule has 0 saturated carbocycles. The van der Waals surface area contributed by atoms with Crippen LogP contribution >= 0.6 is 0 Å². The van der Waals surface area contributed by atoms with Crippen molar-refractivity contribution in [1.29, 1.82) is 0 Å². The molecular formula is C30H35N3O7. The molecular weight excluding hydrogens is 514 g/mol. The van der Waals surface area contributed by atoms with Gasteiger partial charge in [-0.05, 0) is 29.3 Å². The second-order valence-corrected chi connectivity index (χ2v) is 9.77. The average Bonchev–Trinajstić information content (AvgIpc) is 3.31. The number of amides is 1. The molecule has 10 nitrogen and oxygen atoms in total. The minimum absolute atomic E-state index is 0.00810. The standard InChI is InChI=1S/C30H35N3O7/c34-19-27(36)30(39)29(38)26(35)18-32(17-21-11-9-20(10-12-21)13-14-28(37)31-40)15-16-33-24-7-3-1-5-22(24)23-6-2-4-8-25(23)33/h1-14,26-27,29-30,34-36,38-40H,15-19H2,(H,31,37)/t26-,27+,29+,30+/m0/s1. The molecule has 0 fully saturated rings. The lowest BCUT2D eigenvalue weighted by Gasteiger charge is -2.30. The lowest BCUT2D eigenvalue weighted by molar-refractivity contribution is -0.124. The monoisotopic (exact) mass is 549 g/mol. The van der Waals surface area contributed by atoms with Crippen LogP contribution in [0.4, 0.5) is 0 Å². The first kappa shape index (κ1) is 29.4. The quantitative estimate of drug-likeness (QED) is 0.0746. The van der Waals surface area contributed by atoms with Gasteiger partial charge in [-0.3, -0.25) is 14.9 Å². The fourth-order valence-electron chi connectivity index (χ4n) is 4.86. The Bertz CT molecular complexity index is 1380. The van der Waals surface area contributed by atoms with E-state index in [4.69, 9.17) is 10.3 Å². The van der Waals surface area contributed by atoms with E-state index in [1.54, 1.807) is 11.6 Å². The van der Waals surface area contributed by atoms with Gasteiger partial charge in [-0.2, -0.15) is 0 Å². The number of fused-ring (bicyclic) bond motifs is 3. The van der Waals surface area contributed by atoms with Gasteiger partial charge >= 0.3 is 0 Å². The molecule has 40 heavy (non-hydrogen) atoms. The highest BCUT2D eigenvalue weighted by Gasteiger charge is 2.31. The number of hydrogen-bond donors (Lipinski definition) is 7. The van der Waals surface area contributed by atoms with Gasteiger partial charge in [-0.25, -0.2) is 5.48 Å². The van der Waals surface area contributed by atoms with Crippen LogP contribution in [-0.4, -0.2) is 90.2 Å². The van der Waals surface area contributed by atoms with Gasteiger partial charge in [-0.1, -0.05) is 60.7 Å². The van der Waals surface area contributed by atoms with E-state index in [0.717, 1.165) is 32.9 Å². The first-order chi connectivity index (χ1) is 19.3. The highest BCUT2D eigenvalue weighted by atomic mass is 16.5. The Labute approximate surface area is 231 Å². The van der Waals surface area contributed by atoms with Gasteiger partial charge in [0.2, 0.25) is 0 Å². The van der Waals surface area contributed by atoms with Crippen molar-refractivity contribution in [3.05, 3.63) is 90.0 Å². The Morgan fingerprint density at radius 3 is 2.00 bits per heavy atom. The van der Waals surface area contributed by atoms with Gasteiger partial charge in [0.1, 0.15) is 18.3 Å². The molecule has 4 rings (SSSR count). The van der Waals surface area contributed by atoms with E-state index in [1.807, 2.05) is 53.4 Å². The predicted molar refractivity (Wildman–Crippen MR) is 151 cm³/mol. The normalized spacial score (nSPS) is 15.1. The number of nitrogens with zero attached hydrogens (tertiary/aromatic N) is 2. The molecule has 4 aromatic rings. The molecule has 0 radical (unpaired) electrons. The molecule has 1 aromatic heterocycles. The summed E-state index contributed by atoms with van der Waals surface area (Å²) >= 11 is 0. The fourth-order valence-corrected chi connectivity index (χ4v) is 4.86. The average molecular weight is 550 g/mol. The number of carbonyl (C=O) groups is 1. The number of hydrogen-bond acceptors (Lipinski definition) is 8. The zero-order valence-electron chi connectivity index (χ0n) is 21.9. The van der Waals surface area contributed by atoms with E-state index in [-0.39, 0.29) is 6.54 Å². The third kappa shape index (κ3) is 6.93. The number of para-hydroxylation sites is 2. The summed E-state index contributed by atoms with van der Waals surface area (Å²) in [6, 6.07) is 23.7. The summed E-state index contributed by atoms with van der Waals surface area (Å²) in [5, 5.41) is 61.1. The molecule has 0 bridgehead atoms. The van der Waals surface area contributed by atoms with Gasteiger partial charge in [0, 0.05) is 54.1 Å². The SMILES string of the molecule is O=C(C=Cc1ccc(CN(CCn2c3ccccc3c3ccccc32)C[C@H](O)[C@@H](O)[C@H](O)[C@H](O)CO)cc1)NO. The number of aromatic nitrogens is 1. The lowest BCUT2D eigenvalue weighted by atomic mass is 10.0. The Kier molecular flexibility index (Phi) is 10.0. The highest BCUT2D eigenvalue weighted by Crippen LogP contribution is 2.28. The topological polar surface area (TPSA) is 159 Å². The van der Waals surface area contributed by atoms with Crippen LogP contribution < -0.4 is 5.48 Å². The van der Waals surface area contributed by atoms with Crippen LogP contribution in [0, 0.1) is 0 Å². The van der Waals surface area contributed by atoms with Crippen molar-refractivity contribution in [2.75, 3.05) is 19.7 Å². The number of aliphatic hydroxyl groups excluding tert-OH is 5. The first-order valence-electron chi connectivity index (χ1n) is 13.0. The molecule has 0 aliphatic carbocycles. The Hall–Kier alpha value is -3.61. The van der Waals surface area contributed by atoms with Gasteiger partial charge < -0.3 is 30.1 Å². The summed E-state index contributed by atoms with van der Waals surface area (Å²) in [5.74, 6) is -0.638. The third-order valence-corrected chi connectivity index (χ3v) is 7.01. The minimum Gasteiger partial charge on any atom is -0.394 e. The van der Waals surface area contributed by atoms with Crippen molar-refractivity contribution < 1.29 is 35.5 Å². The number of hydroxylamine groups is 1. The third-order valence-electron chi connectivity index (χ3n) is 7.01. The number of rotatable bonds is 13. The second-order valence-electron chi connectivity index (χ2n) is 9.77. The Morgan fingerprint density at radius 2 is 1.43 bits per heavy atom. The predicted octanol–water partition coefficient (Wildman–Crippen LogP) is 1.25. The van der Waals surface area contributed by atoms with E-state index in [0.29, 0.717) is 19.6 Å². The maximum Gasteiger partial charge on any atom is 0.267 e. The van der Waals surface area contributed by atoms with Crippen LogP contribution in [0.25, 0.3) is 27.9 Å². The molecule has 1 heterocycles. The fraction of sp³-hybridized carbons (Fsp3) is 0.300. The molecule has 0 spiro atoms. The number of aliphatic hydroxyl groups is 5. The van der Waals surface area contributed by atoms with Crippen LogP contribution in [0.3, 0.4) is 0 Å². The van der Waals surface area contributed by atoms with Crippen molar-refractivity contribution >= 4 is 33.8 Å². The lowest BCUT2D eigenvalue weighted by Crippen LogP contribution is -2.49. The van der Waals surface area contributed by atoms with E-state index in [1.165, 1.54) is 6.08 Å². The molecule has 3 aromatic carbocycles. The van der Waals surface area contributed by atoms with Crippen LogP contribution in [0.2, 0.25) is 0 Å². The molecule has 0 unspecified atom stereocenters. The van der Waals surface area contributed by atoms with Crippen molar-refractivity contribution in [2.24, 2.45) is 0 Å². The van der Waals surface area contributed by atoms with E-state index < -0.39 is 36.9 Å². The summed E-state index contributed by atoms with van der Waals surface area (Å²) in [6.07, 6.45) is -3.58. The molecule has 1 amide bonds. The second kappa shape index (κ2) is 13.6. The summed E-state index contributed by atoms with van der Waals surface area (Å²) < 4.78 is 2.21. The zero-order valence-corrected chi connectivity index (χ0v) is 21.9. The van der Waals surface area contributed by atoms with Crippen molar-refractivity contribution in [2.45, 2.75) is 37.5 Å². The minimum atomic E-state index is -1.71. The van der Waals surface area contributed by atoms with Crippen LogP contribution in [0.5, 0.6) is 0 Å². The van der Waals surface area contributed by atoms with Crippen molar-refractivity contribution in [3.8, 4) is 0 Å². The van der Waals surface area contributed by atoms with Gasteiger partial charge in [0.15, 0.2) is 0 Å². The van der Waals surface area contributed by atoms with Crippen molar-refractivity contribution in [1.82, 2.24) is 14.9 Å². The Balaban J connectivity index is 1.56. The van der Waals surface area contributed by atoms with Gasteiger partial charge in [0.05, 0.1) is 12.7 Å². The molecule has 0 aliphatic heterocycles. The van der Waals surface area contributed by atoms with Gasteiger partial charge in [-0.15, -0.1) is 0 Å². The first-order valence-corrected chi connectivity index (χ1v) is 13.0. The van der Waals surface area contributed by atoms with E-state index in [2.05, 4.69) is 28.8 Å². The summed E-state index contributed by atoms with van der Waals surface area (Å²) in [5.41, 5.74) is 5.35. The largest absolute Gasteiger partial charge is 0.394 e. The van der Waals surface area contributed by atoms with E-state index >= 15 is 0 Å². The maximum atomic E-state index is 11.2.